The number of pyridine rings is 1. The smallest absolute Gasteiger partial charge is 0.322 e. The average Bonchev–Trinajstić information content (AvgIpc) is 3.34. The zero-order valence-corrected chi connectivity index (χ0v) is 21.5. The van der Waals surface area contributed by atoms with Gasteiger partial charge in [0.15, 0.2) is 0 Å². The molecule has 202 valence electrons. The fraction of sp³-hybridized carbons (Fsp3) is 0.500. The highest BCUT2D eigenvalue weighted by molar-refractivity contribution is 6.30. The molecule has 0 amide bonds. The number of benzene rings is 1. The molecule has 1 aliphatic heterocycles. The number of ether oxygens (including phenoxy) is 2. The second kappa shape index (κ2) is 9.83. The van der Waals surface area contributed by atoms with E-state index in [4.69, 9.17) is 21.1 Å². The minimum atomic E-state index is -2.64. The standard InChI is InChI=1S/C26H28ClF3N6O2/c1-37-22-8-18(6-7-31-22)35-13-16-2-3-17(14-35)23(16)32-24-33-25(38-19-4-5-21(28)20(27)9-19)36(34-24)12-15-10-26(29,30)11-15/h4-9,15-17,23H,2-3,10-14H2,1H3,(H,32,34). The van der Waals surface area contributed by atoms with E-state index in [0.717, 1.165) is 31.6 Å². The molecule has 6 rings (SSSR count). The topological polar surface area (TPSA) is 77.3 Å². The maximum absolute atomic E-state index is 13.6. The van der Waals surface area contributed by atoms with Gasteiger partial charge in [-0.1, -0.05) is 11.6 Å². The van der Waals surface area contributed by atoms with E-state index in [1.165, 1.54) is 22.9 Å². The number of piperidine rings is 1. The molecule has 2 aliphatic carbocycles. The van der Waals surface area contributed by atoms with E-state index in [2.05, 4.69) is 25.3 Å². The van der Waals surface area contributed by atoms with Crippen LogP contribution in [0.5, 0.6) is 17.6 Å². The molecule has 1 saturated heterocycles. The quantitative estimate of drug-likeness (QED) is 0.390. The van der Waals surface area contributed by atoms with Crippen LogP contribution in [-0.2, 0) is 6.54 Å². The Bertz CT molecular complexity index is 1300. The highest BCUT2D eigenvalue weighted by Crippen LogP contribution is 2.44. The molecule has 2 atom stereocenters. The van der Waals surface area contributed by atoms with Crippen LogP contribution >= 0.6 is 11.6 Å². The highest BCUT2D eigenvalue weighted by Gasteiger charge is 2.46. The number of fused-ring (bicyclic) bond motifs is 2. The number of alkyl halides is 2. The van der Waals surface area contributed by atoms with Gasteiger partial charge in [0.25, 0.3) is 0 Å². The molecule has 0 spiro atoms. The fourth-order valence-corrected chi connectivity index (χ4v) is 6.08. The van der Waals surface area contributed by atoms with Crippen molar-refractivity contribution in [3.05, 3.63) is 47.4 Å². The predicted molar refractivity (Wildman–Crippen MR) is 136 cm³/mol. The van der Waals surface area contributed by atoms with E-state index in [9.17, 15) is 13.2 Å². The van der Waals surface area contributed by atoms with Crippen molar-refractivity contribution in [2.75, 3.05) is 30.4 Å². The van der Waals surface area contributed by atoms with Gasteiger partial charge in [-0.2, -0.15) is 4.98 Å². The summed E-state index contributed by atoms with van der Waals surface area (Å²) in [5, 5.41) is 8.01. The molecular weight excluding hydrogens is 521 g/mol. The van der Waals surface area contributed by atoms with Crippen LogP contribution < -0.4 is 19.7 Å². The molecule has 0 radical (unpaired) electrons. The molecule has 38 heavy (non-hydrogen) atoms. The van der Waals surface area contributed by atoms with E-state index in [1.807, 2.05) is 12.1 Å². The molecule has 2 unspecified atom stereocenters. The van der Waals surface area contributed by atoms with Crippen LogP contribution in [0.4, 0.5) is 24.8 Å². The van der Waals surface area contributed by atoms with E-state index in [1.54, 1.807) is 13.3 Å². The van der Waals surface area contributed by atoms with E-state index in [0.29, 0.717) is 23.7 Å². The van der Waals surface area contributed by atoms with Crippen LogP contribution in [0.15, 0.2) is 36.5 Å². The van der Waals surface area contributed by atoms with Crippen molar-refractivity contribution < 1.29 is 22.6 Å². The maximum atomic E-state index is 13.6. The first kappa shape index (κ1) is 25.1. The van der Waals surface area contributed by atoms with Gasteiger partial charge in [0.2, 0.25) is 17.8 Å². The number of anilines is 2. The number of methoxy groups -OCH3 is 1. The summed E-state index contributed by atoms with van der Waals surface area (Å²) in [6, 6.07) is 8.26. The lowest BCUT2D eigenvalue weighted by Gasteiger charge is -2.39. The van der Waals surface area contributed by atoms with E-state index >= 15 is 0 Å². The van der Waals surface area contributed by atoms with Gasteiger partial charge in [-0.3, -0.25) is 0 Å². The molecule has 3 aromatic rings. The van der Waals surface area contributed by atoms with Gasteiger partial charge < -0.3 is 19.7 Å². The van der Waals surface area contributed by atoms with Crippen molar-refractivity contribution in [2.24, 2.45) is 17.8 Å². The van der Waals surface area contributed by atoms with Crippen molar-refractivity contribution in [1.82, 2.24) is 19.7 Å². The molecule has 3 heterocycles. The second-order valence-electron chi connectivity index (χ2n) is 10.4. The molecular formula is C26H28ClF3N6O2. The summed E-state index contributed by atoms with van der Waals surface area (Å²) in [7, 11) is 1.61. The Labute approximate surface area is 223 Å². The molecule has 3 aliphatic rings. The van der Waals surface area contributed by atoms with Gasteiger partial charge in [-0.25, -0.2) is 22.8 Å². The number of halogens is 4. The third kappa shape index (κ3) is 5.08. The minimum absolute atomic E-state index is 0.0827. The molecule has 1 N–H and O–H groups in total. The predicted octanol–water partition coefficient (Wildman–Crippen LogP) is 5.64. The lowest BCUT2D eigenvalue weighted by molar-refractivity contribution is -0.115. The average molecular weight is 549 g/mol. The summed E-state index contributed by atoms with van der Waals surface area (Å²) in [6.45, 7) is 2.00. The first-order chi connectivity index (χ1) is 18.3. The van der Waals surface area contributed by atoms with Crippen molar-refractivity contribution in [3.63, 3.8) is 0 Å². The molecule has 8 nitrogen and oxygen atoms in total. The summed E-state index contributed by atoms with van der Waals surface area (Å²) >= 11 is 5.91. The summed E-state index contributed by atoms with van der Waals surface area (Å²) in [4.78, 5) is 11.1. The van der Waals surface area contributed by atoms with Crippen LogP contribution in [0.2, 0.25) is 5.02 Å². The number of nitrogens with one attached hydrogen (secondary N) is 1. The summed E-state index contributed by atoms with van der Waals surface area (Å²) in [6.07, 6.45) is 3.52. The van der Waals surface area contributed by atoms with Crippen molar-refractivity contribution in [1.29, 1.82) is 0 Å². The van der Waals surface area contributed by atoms with Crippen molar-refractivity contribution in [2.45, 2.75) is 44.2 Å². The largest absolute Gasteiger partial charge is 0.481 e. The highest BCUT2D eigenvalue weighted by atomic mass is 35.5. The number of hydrogen-bond acceptors (Lipinski definition) is 7. The fourth-order valence-electron chi connectivity index (χ4n) is 5.91. The third-order valence-corrected chi connectivity index (χ3v) is 8.06. The van der Waals surface area contributed by atoms with Crippen LogP contribution in [0, 0.1) is 23.6 Å². The monoisotopic (exact) mass is 548 g/mol. The van der Waals surface area contributed by atoms with Crippen molar-refractivity contribution >= 4 is 23.2 Å². The Balaban J connectivity index is 1.19. The first-order valence-corrected chi connectivity index (χ1v) is 13.1. The summed E-state index contributed by atoms with van der Waals surface area (Å²) in [5.74, 6) is -1.40. The Morgan fingerprint density at radius 2 is 1.89 bits per heavy atom. The molecule has 3 fully saturated rings. The lowest BCUT2D eigenvalue weighted by atomic mass is 9.81. The zero-order chi connectivity index (χ0) is 26.4. The Hall–Kier alpha value is -3.21. The third-order valence-electron chi connectivity index (χ3n) is 7.77. The maximum Gasteiger partial charge on any atom is 0.322 e. The lowest BCUT2D eigenvalue weighted by Crippen LogP contribution is -2.48. The zero-order valence-electron chi connectivity index (χ0n) is 20.8. The van der Waals surface area contributed by atoms with E-state index < -0.39 is 11.7 Å². The summed E-state index contributed by atoms with van der Waals surface area (Å²) in [5.41, 5.74) is 1.08. The molecule has 2 saturated carbocycles. The molecule has 1 aromatic carbocycles. The molecule has 2 aromatic heterocycles. The van der Waals surface area contributed by atoms with Gasteiger partial charge in [-0.05, 0) is 48.8 Å². The van der Waals surface area contributed by atoms with Crippen LogP contribution in [0.1, 0.15) is 25.7 Å². The SMILES string of the molecule is COc1cc(N2CC3CCC(C2)C3Nc2nc(Oc3ccc(F)c(Cl)c3)n(CC3CC(F)(F)C3)n2)ccn1. The van der Waals surface area contributed by atoms with E-state index in [-0.39, 0.29) is 48.1 Å². The Morgan fingerprint density at radius 1 is 1.13 bits per heavy atom. The second-order valence-corrected chi connectivity index (χ2v) is 10.8. The first-order valence-electron chi connectivity index (χ1n) is 12.7. The summed E-state index contributed by atoms with van der Waals surface area (Å²) < 4.78 is 53.2. The van der Waals surface area contributed by atoms with Crippen LogP contribution in [0.3, 0.4) is 0 Å². The number of aromatic nitrogens is 4. The van der Waals surface area contributed by atoms with Crippen LogP contribution in [-0.4, -0.2) is 51.9 Å². The Kier molecular flexibility index (Phi) is 6.49. The van der Waals surface area contributed by atoms with Crippen molar-refractivity contribution in [3.8, 4) is 17.6 Å². The van der Waals surface area contributed by atoms with Crippen LogP contribution in [0.25, 0.3) is 0 Å². The van der Waals surface area contributed by atoms with Gasteiger partial charge in [-0.15, -0.1) is 5.10 Å². The van der Waals surface area contributed by atoms with Gasteiger partial charge in [0.1, 0.15) is 11.6 Å². The van der Waals surface area contributed by atoms with Gasteiger partial charge in [0.05, 0.1) is 12.1 Å². The normalized spacial score (nSPS) is 24.2. The number of hydrogen-bond donors (Lipinski definition) is 1. The molecule has 2 bridgehead atoms. The number of nitrogens with zero attached hydrogens (tertiary/aromatic N) is 5. The Morgan fingerprint density at radius 3 is 2.58 bits per heavy atom. The number of rotatable bonds is 8. The van der Waals surface area contributed by atoms with Gasteiger partial charge >= 0.3 is 6.01 Å². The minimum Gasteiger partial charge on any atom is -0.481 e. The molecule has 12 heteroatoms. The van der Waals surface area contributed by atoms with Gasteiger partial charge in [0, 0.05) is 62.5 Å².